The summed E-state index contributed by atoms with van der Waals surface area (Å²) in [5.74, 6) is 1.67. The molecular formula is C17H40. The summed E-state index contributed by atoms with van der Waals surface area (Å²) in [5, 5.41) is 0. The lowest BCUT2D eigenvalue weighted by molar-refractivity contribution is 0.602. The van der Waals surface area contributed by atoms with E-state index in [0.29, 0.717) is 0 Å². The van der Waals surface area contributed by atoms with Crippen molar-refractivity contribution in [2.45, 2.75) is 100 Å². The van der Waals surface area contributed by atoms with Crippen LogP contribution in [0.3, 0.4) is 0 Å². The highest BCUT2D eigenvalue weighted by Crippen LogP contribution is 2.05. The molecular weight excluding hydrogens is 204 g/mol. The maximum atomic E-state index is 2.26. The minimum absolute atomic E-state index is 0.833. The van der Waals surface area contributed by atoms with Gasteiger partial charge in [-0.2, -0.15) is 0 Å². The van der Waals surface area contributed by atoms with Gasteiger partial charge >= 0.3 is 0 Å². The van der Waals surface area contributed by atoms with Crippen molar-refractivity contribution in [3.05, 3.63) is 0 Å². The Hall–Kier alpha value is 0. The fourth-order valence-corrected chi connectivity index (χ4v) is 1.03. The molecule has 0 saturated heterocycles. The van der Waals surface area contributed by atoms with Crippen molar-refractivity contribution in [2.75, 3.05) is 0 Å². The maximum Gasteiger partial charge on any atom is -0.0500 e. The van der Waals surface area contributed by atoms with Crippen LogP contribution in [0.5, 0.6) is 0 Å². The average Bonchev–Trinajstić information content (AvgIpc) is 2.16. The van der Waals surface area contributed by atoms with Gasteiger partial charge in [0.25, 0.3) is 0 Å². The van der Waals surface area contributed by atoms with Crippen LogP contribution in [0.4, 0.5) is 0 Å². The Labute approximate surface area is 113 Å². The summed E-state index contributed by atoms with van der Waals surface area (Å²) in [7, 11) is 0. The van der Waals surface area contributed by atoms with Crippen LogP contribution in [0, 0.1) is 11.8 Å². The van der Waals surface area contributed by atoms with Gasteiger partial charge in [0.15, 0.2) is 0 Å². The second-order valence-corrected chi connectivity index (χ2v) is 6.23. The summed E-state index contributed by atoms with van der Waals surface area (Å²) in [6.07, 6.45) is 9.97. The molecule has 0 atom stereocenters. The van der Waals surface area contributed by atoms with Gasteiger partial charge in [-0.05, 0) is 11.8 Å². The number of unbranched alkanes of at least 4 members (excludes halogenated alkanes) is 6. The van der Waals surface area contributed by atoms with Gasteiger partial charge in [-0.3, -0.25) is 0 Å². The third-order valence-electron chi connectivity index (χ3n) is 1.71. The van der Waals surface area contributed by atoms with E-state index in [1.54, 1.807) is 0 Å². The van der Waals surface area contributed by atoms with Gasteiger partial charge < -0.3 is 0 Å². The van der Waals surface area contributed by atoms with E-state index in [9.17, 15) is 0 Å². The highest BCUT2D eigenvalue weighted by atomic mass is 13.9. The van der Waals surface area contributed by atoms with E-state index in [4.69, 9.17) is 0 Å². The Morgan fingerprint density at radius 3 is 0.824 bits per heavy atom. The fraction of sp³-hybridized carbons (Fsp3) is 1.00. The SMILES string of the molecule is CC(C)C.CC(C)C.CCCCCCCCC. The molecule has 17 heavy (non-hydrogen) atoms. The molecule has 0 fully saturated rings. The van der Waals surface area contributed by atoms with Gasteiger partial charge in [0.05, 0.1) is 0 Å². The molecule has 108 valence electrons. The topological polar surface area (TPSA) is 0 Å². The van der Waals surface area contributed by atoms with Crippen LogP contribution in [0.25, 0.3) is 0 Å². The average molecular weight is 245 g/mol. The van der Waals surface area contributed by atoms with Gasteiger partial charge in [-0.15, -0.1) is 0 Å². The zero-order valence-corrected chi connectivity index (χ0v) is 14.1. The van der Waals surface area contributed by atoms with Gasteiger partial charge in [-0.1, -0.05) is 100 Å². The minimum Gasteiger partial charge on any atom is -0.0654 e. The Kier molecular flexibility index (Phi) is 27.8. The van der Waals surface area contributed by atoms with Crippen LogP contribution < -0.4 is 0 Å². The smallest absolute Gasteiger partial charge is 0.0500 e. The summed E-state index contributed by atoms with van der Waals surface area (Å²) in [6, 6.07) is 0. The highest BCUT2D eigenvalue weighted by Gasteiger charge is 1.85. The van der Waals surface area contributed by atoms with Crippen molar-refractivity contribution in [1.29, 1.82) is 0 Å². The quantitative estimate of drug-likeness (QED) is 0.438. The third-order valence-corrected chi connectivity index (χ3v) is 1.71. The first kappa shape index (κ1) is 22.2. The highest BCUT2D eigenvalue weighted by molar-refractivity contribution is 4.41. The van der Waals surface area contributed by atoms with Crippen LogP contribution >= 0.6 is 0 Å². The van der Waals surface area contributed by atoms with Crippen molar-refractivity contribution < 1.29 is 0 Å². The predicted molar refractivity (Wildman–Crippen MR) is 84.7 cm³/mol. The first-order valence-corrected chi connectivity index (χ1v) is 7.88. The summed E-state index contributed by atoms with van der Waals surface area (Å²) in [5.41, 5.74) is 0. The minimum atomic E-state index is 0.833. The van der Waals surface area contributed by atoms with Gasteiger partial charge in [0.2, 0.25) is 0 Å². The molecule has 0 aliphatic rings. The van der Waals surface area contributed by atoms with Crippen molar-refractivity contribution in [3.8, 4) is 0 Å². The molecule has 0 aromatic rings. The number of rotatable bonds is 6. The maximum absolute atomic E-state index is 2.26. The van der Waals surface area contributed by atoms with Crippen molar-refractivity contribution in [3.63, 3.8) is 0 Å². The third kappa shape index (κ3) is 87.1. The van der Waals surface area contributed by atoms with E-state index in [1.807, 2.05) is 0 Å². The summed E-state index contributed by atoms with van der Waals surface area (Å²) < 4.78 is 0. The fourth-order valence-electron chi connectivity index (χ4n) is 1.03. The van der Waals surface area contributed by atoms with Gasteiger partial charge in [0.1, 0.15) is 0 Å². The van der Waals surface area contributed by atoms with E-state index >= 15 is 0 Å². The van der Waals surface area contributed by atoms with Crippen molar-refractivity contribution >= 4 is 0 Å². The Balaban J connectivity index is -0.000000205. The molecule has 0 bridgehead atoms. The number of hydrogen-bond donors (Lipinski definition) is 0. The second kappa shape index (κ2) is 21.3. The standard InChI is InChI=1S/C9H20.2C4H10/c1-3-5-7-9-8-6-4-2;2*1-4(2)3/h3-9H2,1-2H3;2*4H,1-3H3. The molecule has 0 spiro atoms. The van der Waals surface area contributed by atoms with Gasteiger partial charge in [0, 0.05) is 0 Å². The zero-order valence-electron chi connectivity index (χ0n) is 14.1. The van der Waals surface area contributed by atoms with Crippen LogP contribution in [0.15, 0.2) is 0 Å². The first-order chi connectivity index (χ1) is 7.88. The molecule has 0 aliphatic heterocycles. The molecule has 0 unspecified atom stereocenters. The van der Waals surface area contributed by atoms with E-state index in [1.165, 1.54) is 44.9 Å². The van der Waals surface area contributed by atoms with Crippen LogP contribution in [-0.2, 0) is 0 Å². The molecule has 0 rings (SSSR count). The second-order valence-electron chi connectivity index (χ2n) is 6.23. The molecule has 0 aromatic carbocycles. The van der Waals surface area contributed by atoms with Crippen LogP contribution in [-0.4, -0.2) is 0 Å². The first-order valence-electron chi connectivity index (χ1n) is 7.88. The molecule has 0 N–H and O–H groups in total. The predicted octanol–water partition coefficient (Wildman–Crippen LogP) is 7.08. The number of hydrogen-bond acceptors (Lipinski definition) is 0. The zero-order chi connectivity index (χ0) is 14.1. The molecule has 0 aliphatic carbocycles. The monoisotopic (exact) mass is 244 g/mol. The summed E-state index contributed by atoms with van der Waals surface area (Å²) >= 11 is 0. The van der Waals surface area contributed by atoms with E-state index in [0.717, 1.165) is 11.8 Å². The van der Waals surface area contributed by atoms with Crippen molar-refractivity contribution in [2.24, 2.45) is 11.8 Å². The molecule has 0 saturated carbocycles. The Morgan fingerprint density at radius 2 is 0.647 bits per heavy atom. The lowest BCUT2D eigenvalue weighted by Gasteiger charge is -1.96. The largest absolute Gasteiger partial charge is 0.0654 e. The Bertz CT molecular complexity index is 74.7. The molecule has 0 aromatic heterocycles. The molecule has 0 amide bonds. The normalized spacial score (nSPS) is 9.53. The lowest BCUT2D eigenvalue weighted by Crippen LogP contribution is -1.76. The summed E-state index contributed by atoms with van der Waals surface area (Å²) in [6.45, 7) is 17.5. The van der Waals surface area contributed by atoms with Crippen LogP contribution in [0.2, 0.25) is 0 Å². The lowest BCUT2D eigenvalue weighted by atomic mass is 10.1. The molecule has 0 heteroatoms. The van der Waals surface area contributed by atoms with Gasteiger partial charge in [-0.25, -0.2) is 0 Å². The summed E-state index contributed by atoms with van der Waals surface area (Å²) in [4.78, 5) is 0. The Morgan fingerprint density at radius 1 is 0.471 bits per heavy atom. The van der Waals surface area contributed by atoms with E-state index < -0.39 is 0 Å². The van der Waals surface area contributed by atoms with Crippen molar-refractivity contribution in [1.82, 2.24) is 0 Å². The van der Waals surface area contributed by atoms with E-state index in [2.05, 4.69) is 55.4 Å². The molecule has 0 nitrogen and oxygen atoms in total. The molecule has 0 heterocycles. The van der Waals surface area contributed by atoms with Crippen LogP contribution in [0.1, 0.15) is 100 Å². The molecule has 0 radical (unpaired) electrons. The van der Waals surface area contributed by atoms with E-state index in [-0.39, 0.29) is 0 Å².